The van der Waals surface area contributed by atoms with Gasteiger partial charge in [-0.15, -0.1) is 11.3 Å². The minimum atomic E-state index is -1.00. The van der Waals surface area contributed by atoms with E-state index in [1.54, 1.807) is 11.3 Å². The molecule has 0 aliphatic rings. The Bertz CT molecular complexity index is 990. The summed E-state index contributed by atoms with van der Waals surface area (Å²) in [5, 5.41) is 12.7. The highest BCUT2D eigenvalue weighted by Gasteiger charge is 2.19. The van der Waals surface area contributed by atoms with Gasteiger partial charge in [0.05, 0.1) is 5.39 Å². The maximum Gasteiger partial charge on any atom is 0.326 e. The van der Waals surface area contributed by atoms with Gasteiger partial charge < -0.3 is 15.3 Å². The summed E-state index contributed by atoms with van der Waals surface area (Å²) >= 11 is 1.60. The predicted molar refractivity (Wildman–Crippen MR) is 115 cm³/mol. The Labute approximate surface area is 173 Å². The lowest BCUT2D eigenvalue weighted by molar-refractivity contribution is -0.142. The summed E-state index contributed by atoms with van der Waals surface area (Å²) in [4.78, 5) is 36.1. The van der Waals surface area contributed by atoms with Crippen LogP contribution in [0.1, 0.15) is 26.2 Å². The fourth-order valence-electron chi connectivity index (χ4n) is 3.08. The number of rotatable bonds is 9. The van der Waals surface area contributed by atoms with Crippen molar-refractivity contribution in [1.82, 2.24) is 15.3 Å². The molecule has 152 valence electrons. The largest absolute Gasteiger partial charge is 0.480 e. The lowest BCUT2D eigenvalue weighted by atomic mass is 10.1. The van der Waals surface area contributed by atoms with Crippen LogP contribution >= 0.6 is 11.3 Å². The summed E-state index contributed by atoms with van der Waals surface area (Å²) in [6, 6.07) is 11.3. The number of nitrogens with zero attached hydrogens (tertiary/aromatic N) is 3. The molecule has 3 rings (SSSR count). The Morgan fingerprint density at radius 1 is 1.24 bits per heavy atom. The maximum absolute atomic E-state index is 12.2. The van der Waals surface area contributed by atoms with Crippen LogP contribution in [-0.2, 0) is 9.59 Å². The number of aromatic nitrogens is 2. The van der Waals surface area contributed by atoms with Crippen LogP contribution in [0.3, 0.4) is 0 Å². The predicted octanol–water partition coefficient (Wildman–Crippen LogP) is 3.55. The summed E-state index contributed by atoms with van der Waals surface area (Å²) in [6.07, 6.45) is 2.82. The molecule has 0 aliphatic heterocycles. The van der Waals surface area contributed by atoms with Crippen LogP contribution in [0.15, 0.2) is 42.7 Å². The quantitative estimate of drug-likeness (QED) is 0.558. The van der Waals surface area contributed by atoms with E-state index in [2.05, 4.69) is 33.5 Å². The highest BCUT2D eigenvalue weighted by molar-refractivity contribution is 7.21. The van der Waals surface area contributed by atoms with Crippen molar-refractivity contribution >= 4 is 39.2 Å². The van der Waals surface area contributed by atoms with Crippen LogP contribution in [0.25, 0.3) is 20.7 Å². The SMILES string of the molecule is CCCC(NC(=O)CCN(C)c1ncnc2sc(-c3ccccc3)cc12)C(=O)O. The first kappa shape index (κ1) is 20.7. The smallest absolute Gasteiger partial charge is 0.326 e. The molecule has 1 unspecified atom stereocenters. The Morgan fingerprint density at radius 3 is 2.69 bits per heavy atom. The highest BCUT2D eigenvalue weighted by atomic mass is 32.1. The summed E-state index contributed by atoms with van der Waals surface area (Å²) in [5.41, 5.74) is 1.12. The van der Waals surface area contributed by atoms with Crippen LogP contribution in [0.5, 0.6) is 0 Å². The number of aliphatic carboxylic acids is 1. The number of hydrogen-bond donors (Lipinski definition) is 2. The topological polar surface area (TPSA) is 95.4 Å². The molecule has 1 atom stereocenters. The molecule has 2 heterocycles. The molecule has 0 saturated heterocycles. The lowest BCUT2D eigenvalue weighted by Gasteiger charge is -2.19. The van der Waals surface area contributed by atoms with E-state index in [1.807, 2.05) is 37.1 Å². The molecule has 2 aromatic heterocycles. The third kappa shape index (κ3) is 5.08. The molecule has 1 amide bonds. The first-order valence-electron chi connectivity index (χ1n) is 9.53. The van der Waals surface area contributed by atoms with Crippen molar-refractivity contribution in [1.29, 1.82) is 0 Å². The van der Waals surface area contributed by atoms with E-state index in [-0.39, 0.29) is 12.3 Å². The first-order valence-corrected chi connectivity index (χ1v) is 10.3. The van der Waals surface area contributed by atoms with Gasteiger partial charge in [0.25, 0.3) is 0 Å². The standard InChI is InChI=1S/C21H24N4O3S/c1-3-7-16(21(27)28)24-18(26)10-11-25(2)19-15-12-17(14-8-5-4-6-9-14)29-20(15)23-13-22-19/h4-6,8-9,12-13,16H,3,7,10-11H2,1-2H3,(H,24,26)(H,27,28). The van der Waals surface area contributed by atoms with Gasteiger partial charge >= 0.3 is 5.97 Å². The van der Waals surface area contributed by atoms with Gasteiger partial charge in [-0.05, 0) is 18.1 Å². The summed E-state index contributed by atoms with van der Waals surface area (Å²) in [7, 11) is 1.87. The van der Waals surface area contributed by atoms with Crippen LogP contribution in [0, 0.1) is 0 Å². The van der Waals surface area contributed by atoms with Gasteiger partial charge in [-0.2, -0.15) is 0 Å². The van der Waals surface area contributed by atoms with Crippen LogP contribution < -0.4 is 10.2 Å². The Balaban J connectivity index is 1.71. The second kappa shape index (κ2) is 9.47. The highest BCUT2D eigenvalue weighted by Crippen LogP contribution is 2.35. The van der Waals surface area contributed by atoms with Gasteiger partial charge in [0.15, 0.2) is 0 Å². The summed E-state index contributed by atoms with van der Waals surface area (Å²) < 4.78 is 0. The molecule has 1 aromatic carbocycles. The number of fused-ring (bicyclic) bond motifs is 1. The van der Waals surface area contributed by atoms with Crippen molar-refractivity contribution in [3.05, 3.63) is 42.7 Å². The van der Waals surface area contributed by atoms with E-state index in [0.29, 0.717) is 19.4 Å². The maximum atomic E-state index is 12.2. The summed E-state index contributed by atoms with van der Waals surface area (Å²) in [5.74, 6) is -0.527. The van der Waals surface area contributed by atoms with Crippen LogP contribution in [0.4, 0.5) is 5.82 Å². The van der Waals surface area contributed by atoms with Gasteiger partial charge in [-0.25, -0.2) is 14.8 Å². The van der Waals surface area contributed by atoms with Crippen molar-refractivity contribution in [3.63, 3.8) is 0 Å². The van der Waals surface area contributed by atoms with Crippen LogP contribution in [0.2, 0.25) is 0 Å². The van der Waals surface area contributed by atoms with E-state index in [0.717, 1.165) is 26.5 Å². The number of nitrogens with one attached hydrogen (secondary N) is 1. The number of thiophene rings is 1. The number of carbonyl (C=O) groups is 2. The van der Waals surface area contributed by atoms with Crippen molar-refractivity contribution in [2.45, 2.75) is 32.2 Å². The monoisotopic (exact) mass is 412 g/mol. The molecule has 7 nitrogen and oxygen atoms in total. The first-order chi connectivity index (χ1) is 14.0. The molecule has 0 radical (unpaired) electrons. The van der Waals surface area contributed by atoms with E-state index in [4.69, 9.17) is 0 Å². The lowest BCUT2D eigenvalue weighted by Crippen LogP contribution is -2.41. The Morgan fingerprint density at radius 2 is 2.00 bits per heavy atom. The summed E-state index contributed by atoms with van der Waals surface area (Å²) in [6.45, 7) is 2.31. The number of amides is 1. The van der Waals surface area contributed by atoms with E-state index in [9.17, 15) is 14.7 Å². The third-order valence-electron chi connectivity index (χ3n) is 4.61. The molecule has 29 heavy (non-hydrogen) atoms. The fourth-order valence-corrected chi connectivity index (χ4v) is 4.08. The number of carboxylic acids is 1. The second-order valence-corrected chi connectivity index (χ2v) is 7.84. The molecular weight excluding hydrogens is 388 g/mol. The molecule has 0 spiro atoms. The fraction of sp³-hybridized carbons (Fsp3) is 0.333. The van der Waals surface area contributed by atoms with E-state index >= 15 is 0 Å². The van der Waals surface area contributed by atoms with Crippen LogP contribution in [-0.4, -0.2) is 46.6 Å². The average Bonchev–Trinajstić information content (AvgIpc) is 3.16. The normalized spacial score (nSPS) is 11.9. The number of carboxylic acid groups (broad SMARTS) is 1. The average molecular weight is 413 g/mol. The van der Waals surface area contributed by atoms with E-state index in [1.165, 1.54) is 6.33 Å². The molecule has 0 fully saturated rings. The number of carbonyl (C=O) groups excluding carboxylic acids is 1. The molecule has 0 aliphatic carbocycles. The van der Waals surface area contributed by atoms with Gasteiger partial charge in [-0.1, -0.05) is 43.7 Å². The van der Waals surface area contributed by atoms with Crippen molar-refractivity contribution in [3.8, 4) is 10.4 Å². The Kier molecular flexibility index (Phi) is 6.77. The molecule has 0 saturated carbocycles. The molecule has 2 N–H and O–H groups in total. The van der Waals surface area contributed by atoms with Gasteiger partial charge in [0.2, 0.25) is 5.91 Å². The number of benzene rings is 1. The van der Waals surface area contributed by atoms with Crippen molar-refractivity contribution < 1.29 is 14.7 Å². The van der Waals surface area contributed by atoms with Crippen molar-refractivity contribution in [2.24, 2.45) is 0 Å². The van der Waals surface area contributed by atoms with Gasteiger partial charge in [0, 0.05) is 24.9 Å². The minimum absolute atomic E-state index is 0.186. The minimum Gasteiger partial charge on any atom is -0.480 e. The molecule has 3 aromatic rings. The van der Waals surface area contributed by atoms with Gasteiger partial charge in [-0.3, -0.25) is 4.79 Å². The molecule has 0 bridgehead atoms. The Hall–Kier alpha value is -3.00. The zero-order valence-corrected chi connectivity index (χ0v) is 17.3. The number of hydrogen-bond acceptors (Lipinski definition) is 6. The van der Waals surface area contributed by atoms with E-state index < -0.39 is 12.0 Å². The molecular formula is C21H24N4O3S. The second-order valence-electron chi connectivity index (χ2n) is 6.81. The zero-order chi connectivity index (χ0) is 20.8. The number of anilines is 1. The molecule has 8 heteroatoms. The zero-order valence-electron chi connectivity index (χ0n) is 16.5. The third-order valence-corrected chi connectivity index (χ3v) is 5.71. The van der Waals surface area contributed by atoms with Crippen molar-refractivity contribution in [2.75, 3.05) is 18.5 Å². The van der Waals surface area contributed by atoms with Gasteiger partial charge in [0.1, 0.15) is 23.0 Å².